The molecule has 0 radical (unpaired) electrons. The van der Waals surface area contributed by atoms with Gasteiger partial charge in [0.2, 0.25) is 0 Å². The second-order valence-corrected chi connectivity index (χ2v) is 9.41. The summed E-state index contributed by atoms with van der Waals surface area (Å²) in [5.74, 6) is -0.0596. The lowest BCUT2D eigenvalue weighted by Crippen LogP contribution is -2.33. The number of carbonyl (C=O) groups excluding carboxylic acids is 1. The van der Waals surface area contributed by atoms with E-state index >= 15 is 0 Å². The van der Waals surface area contributed by atoms with E-state index in [2.05, 4.69) is 5.32 Å². The van der Waals surface area contributed by atoms with Crippen molar-refractivity contribution in [1.29, 1.82) is 0 Å². The number of hydrogen-bond acceptors (Lipinski definition) is 5. The Labute approximate surface area is 200 Å². The van der Waals surface area contributed by atoms with Gasteiger partial charge in [0, 0.05) is 19.6 Å². The third-order valence-electron chi connectivity index (χ3n) is 4.85. The average Bonchev–Trinajstić information content (AvgIpc) is 2.75. The van der Waals surface area contributed by atoms with Gasteiger partial charge in [-0.3, -0.25) is 0 Å². The summed E-state index contributed by atoms with van der Waals surface area (Å²) < 4.78 is 10.7. The van der Waals surface area contributed by atoms with Gasteiger partial charge in [0.1, 0.15) is 5.60 Å². The second-order valence-electron chi connectivity index (χ2n) is 9.41. The SMILES string of the molecule is CO[C@H](/C=C/C=C\[C@H](C)[C@H](O)/C(C)=C/C=C(\C)CNC(=O)OC(C)(C)C)CC/C=C(/C)CO. The summed E-state index contributed by atoms with van der Waals surface area (Å²) in [5.41, 5.74) is 2.23. The van der Waals surface area contributed by atoms with Gasteiger partial charge in [-0.25, -0.2) is 4.79 Å². The largest absolute Gasteiger partial charge is 0.444 e. The van der Waals surface area contributed by atoms with Crippen LogP contribution >= 0.6 is 0 Å². The van der Waals surface area contributed by atoms with Crippen LogP contribution in [0.5, 0.6) is 0 Å². The molecule has 0 aromatic rings. The molecule has 0 bridgehead atoms. The molecule has 0 saturated heterocycles. The molecule has 3 atom stereocenters. The molecule has 6 nitrogen and oxygen atoms in total. The first-order chi connectivity index (χ1) is 15.4. The van der Waals surface area contributed by atoms with Crippen molar-refractivity contribution in [2.24, 2.45) is 5.92 Å². The van der Waals surface area contributed by atoms with Crippen molar-refractivity contribution in [3.8, 4) is 0 Å². The molecule has 33 heavy (non-hydrogen) atoms. The molecule has 3 N–H and O–H groups in total. The number of carbonyl (C=O) groups is 1. The number of methoxy groups -OCH3 is 1. The quantitative estimate of drug-likeness (QED) is 0.257. The van der Waals surface area contributed by atoms with E-state index in [9.17, 15) is 9.90 Å². The Bertz CT molecular complexity index is 725. The summed E-state index contributed by atoms with van der Waals surface area (Å²) in [7, 11) is 1.68. The van der Waals surface area contributed by atoms with Crippen molar-refractivity contribution >= 4 is 6.09 Å². The number of amides is 1. The number of allylic oxidation sites excluding steroid dienone is 5. The molecule has 1 amide bonds. The summed E-state index contributed by atoms with van der Waals surface area (Å²) in [6.07, 6.45) is 14.2. The summed E-state index contributed by atoms with van der Waals surface area (Å²) >= 11 is 0. The van der Waals surface area contributed by atoms with Crippen LogP contribution in [0.1, 0.15) is 61.3 Å². The zero-order valence-electron chi connectivity index (χ0n) is 21.7. The molecule has 0 aromatic heterocycles. The maximum absolute atomic E-state index is 11.7. The third-order valence-corrected chi connectivity index (χ3v) is 4.85. The van der Waals surface area contributed by atoms with Crippen LogP contribution < -0.4 is 5.32 Å². The van der Waals surface area contributed by atoms with Gasteiger partial charge in [-0.2, -0.15) is 0 Å². The zero-order valence-corrected chi connectivity index (χ0v) is 21.7. The van der Waals surface area contributed by atoms with Crippen molar-refractivity contribution in [2.75, 3.05) is 20.3 Å². The van der Waals surface area contributed by atoms with Crippen LogP contribution in [0.25, 0.3) is 0 Å². The van der Waals surface area contributed by atoms with Gasteiger partial charge in [-0.05, 0) is 60.0 Å². The zero-order chi connectivity index (χ0) is 25.4. The highest BCUT2D eigenvalue weighted by Gasteiger charge is 2.15. The lowest BCUT2D eigenvalue weighted by molar-refractivity contribution is 0.0532. The highest BCUT2D eigenvalue weighted by molar-refractivity contribution is 5.68. The van der Waals surface area contributed by atoms with Gasteiger partial charge >= 0.3 is 6.09 Å². The van der Waals surface area contributed by atoms with Gasteiger partial charge in [-0.1, -0.05) is 60.6 Å². The molecule has 0 saturated carbocycles. The topological polar surface area (TPSA) is 88.0 Å². The van der Waals surface area contributed by atoms with Crippen LogP contribution in [-0.4, -0.2) is 54.4 Å². The molecule has 0 aliphatic rings. The molecule has 0 aliphatic carbocycles. The van der Waals surface area contributed by atoms with Crippen LogP contribution in [0.4, 0.5) is 4.79 Å². The average molecular weight is 464 g/mol. The summed E-state index contributed by atoms with van der Waals surface area (Å²) in [6.45, 7) is 13.6. The van der Waals surface area contributed by atoms with Crippen molar-refractivity contribution in [3.63, 3.8) is 0 Å². The molecule has 0 spiro atoms. The number of aliphatic hydroxyl groups excluding tert-OH is 2. The maximum Gasteiger partial charge on any atom is 0.407 e. The number of rotatable bonds is 13. The van der Waals surface area contributed by atoms with Crippen molar-refractivity contribution in [1.82, 2.24) is 5.32 Å². The monoisotopic (exact) mass is 463 g/mol. The summed E-state index contributed by atoms with van der Waals surface area (Å²) in [5, 5.41) is 22.3. The van der Waals surface area contributed by atoms with Crippen molar-refractivity contribution in [3.05, 3.63) is 59.3 Å². The van der Waals surface area contributed by atoms with Crippen LogP contribution in [0, 0.1) is 5.92 Å². The molecular formula is C27H45NO5. The Morgan fingerprint density at radius 1 is 1.06 bits per heavy atom. The molecule has 0 aromatic carbocycles. The Balaban J connectivity index is 4.67. The van der Waals surface area contributed by atoms with Gasteiger partial charge in [0.05, 0.1) is 18.8 Å². The van der Waals surface area contributed by atoms with E-state index in [0.29, 0.717) is 6.54 Å². The van der Waals surface area contributed by atoms with E-state index in [-0.39, 0.29) is 18.6 Å². The van der Waals surface area contributed by atoms with Gasteiger partial charge in [0.15, 0.2) is 0 Å². The first-order valence-electron chi connectivity index (χ1n) is 11.5. The second kappa shape index (κ2) is 16.5. The minimum absolute atomic E-state index is 0.00153. The van der Waals surface area contributed by atoms with Crippen LogP contribution in [0.15, 0.2) is 59.3 Å². The van der Waals surface area contributed by atoms with Crippen molar-refractivity contribution < 1.29 is 24.5 Å². The van der Waals surface area contributed by atoms with E-state index in [1.165, 1.54) is 0 Å². The molecule has 6 heteroatoms. The smallest absolute Gasteiger partial charge is 0.407 e. The Kier molecular flexibility index (Phi) is 15.4. The van der Waals surface area contributed by atoms with Gasteiger partial charge in [-0.15, -0.1) is 0 Å². The predicted octanol–water partition coefficient (Wildman–Crippen LogP) is 5.25. The van der Waals surface area contributed by atoms with E-state index in [1.807, 2.05) is 91.0 Å². The molecule has 188 valence electrons. The Morgan fingerprint density at radius 3 is 2.27 bits per heavy atom. The molecule has 0 aliphatic heterocycles. The fourth-order valence-electron chi connectivity index (χ4n) is 2.76. The van der Waals surface area contributed by atoms with Crippen LogP contribution in [0.3, 0.4) is 0 Å². The first-order valence-corrected chi connectivity index (χ1v) is 11.5. The fourth-order valence-corrected chi connectivity index (χ4v) is 2.76. The lowest BCUT2D eigenvalue weighted by atomic mass is 9.97. The first kappa shape index (κ1) is 30.9. The Morgan fingerprint density at radius 2 is 1.70 bits per heavy atom. The molecule has 0 rings (SSSR count). The normalized spacial score (nSPS) is 16.8. The number of hydrogen-bond donors (Lipinski definition) is 3. The molecule has 0 fully saturated rings. The predicted molar refractivity (Wildman–Crippen MR) is 136 cm³/mol. The van der Waals surface area contributed by atoms with E-state index in [0.717, 1.165) is 29.6 Å². The minimum Gasteiger partial charge on any atom is -0.444 e. The summed E-state index contributed by atoms with van der Waals surface area (Å²) in [6, 6.07) is 0. The summed E-state index contributed by atoms with van der Waals surface area (Å²) in [4.78, 5) is 11.7. The van der Waals surface area contributed by atoms with Crippen LogP contribution in [-0.2, 0) is 9.47 Å². The van der Waals surface area contributed by atoms with E-state index in [1.54, 1.807) is 7.11 Å². The molecular weight excluding hydrogens is 418 g/mol. The standard InChI is InChI=1S/C27H45NO5/c1-20(18-28-26(31)33-27(5,6)7)16-17-23(4)25(30)22(3)13-9-10-14-24(32-8)15-11-12-21(2)19-29/h9-10,12-14,16-17,22,24-25,29-30H,11,15,18-19H2,1-8H3,(H,28,31)/b13-9-,14-10+,20-16+,21-12-,23-17+/t22-,24+,25-/m0/s1. The number of aliphatic hydroxyl groups is 2. The highest BCUT2D eigenvalue weighted by Crippen LogP contribution is 2.15. The Hall–Kier alpha value is -2.15. The number of ether oxygens (including phenoxy) is 2. The van der Waals surface area contributed by atoms with Crippen molar-refractivity contribution in [2.45, 2.75) is 79.1 Å². The van der Waals surface area contributed by atoms with Crippen LogP contribution in [0.2, 0.25) is 0 Å². The van der Waals surface area contributed by atoms with E-state index < -0.39 is 17.8 Å². The lowest BCUT2D eigenvalue weighted by Gasteiger charge is -2.19. The molecule has 0 unspecified atom stereocenters. The minimum atomic E-state index is -0.609. The maximum atomic E-state index is 11.7. The highest BCUT2D eigenvalue weighted by atomic mass is 16.6. The third kappa shape index (κ3) is 16.2. The number of alkyl carbamates (subject to hydrolysis) is 1. The number of nitrogens with one attached hydrogen (secondary N) is 1. The van der Waals surface area contributed by atoms with Gasteiger partial charge in [0.25, 0.3) is 0 Å². The fraction of sp³-hybridized carbons (Fsp3) is 0.593. The molecule has 0 heterocycles. The van der Waals surface area contributed by atoms with Gasteiger partial charge < -0.3 is 25.0 Å². The van der Waals surface area contributed by atoms with E-state index in [4.69, 9.17) is 14.6 Å².